The maximum atomic E-state index is 10.8. The fraction of sp³-hybridized carbons (Fsp3) is 0.714. The normalized spacial score (nSPS) is 15.7. The molecule has 0 aliphatic carbocycles. The van der Waals surface area contributed by atoms with Crippen LogP contribution in [0.4, 0.5) is 0 Å². The first-order valence-electron chi connectivity index (χ1n) is 3.61. The van der Waals surface area contributed by atoms with Crippen LogP contribution in [0, 0.1) is 5.92 Å². The summed E-state index contributed by atoms with van der Waals surface area (Å²) in [5.74, 6) is -2.09. The molecule has 12 heavy (non-hydrogen) atoms. The maximum Gasteiger partial charge on any atom is 0.250 e. The summed E-state index contributed by atoms with van der Waals surface area (Å²) in [7, 11) is 0. The van der Waals surface area contributed by atoms with Crippen molar-refractivity contribution >= 4 is 11.8 Å². The zero-order chi connectivity index (χ0) is 9.94. The predicted molar refractivity (Wildman–Crippen MR) is 42.8 cm³/mol. The molecule has 5 heteroatoms. The summed E-state index contributed by atoms with van der Waals surface area (Å²) in [5, 5.41) is 9.56. The van der Waals surface area contributed by atoms with Crippen molar-refractivity contribution in [3.8, 4) is 0 Å². The molecule has 70 valence electrons. The molecule has 0 aromatic heterocycles. The van der Waals surface area contributed by atoms with Gasteiger partial charge in [0.1, 0.15) is 0 Å². The van der Waals surface area contributed by atoms with Gasteiger partial charge in [0.2, 0.25) is 11.8 Å². The molecule has 0 spiro atoms. The summed E-state index contributed by atoms with van der Waals surface area (Å²) < 4.78 is 0. The quantitative estimate of drug-likeness (QED) is 0.494. The van der Waals surface area contributed by atoms with Gasteiger partial charge in [-0.2, -0.15) is 0 Å². The van der Waals surface area contributed by atoms with Gasteiger partial charge >= 0.3 is 0 Å². The van der Waals surface area contributed by atoms with Crippen molar-refractivity contribution in [2.24, 2.45) is 17.4 Å². The molecule has 0 aromatic rings. The van der Waals surface area contributed by atoms with Crippen molar-refractivity contribution in [3.05, 3.63) is 0 Å². The molecule has 2 amide bonds. The minimum atomic E-state index is -1.81. The number of amides is 2. The summed E-state index contributed by atoms with van der Waals surface area (Å²) in [5.41, 5.74) is 7.96. The summed E-state index contributed by atoms with van der Waals surface area (Å²) >= 11 is 0. The van der Waals surface area contributed by atoms with Crippen LogP contribution in [0.1, 0.15) is 20.3 Å². The molecule has 5 N–H and O–H groups in total. The summed E-state index contributed by atoms with van der Waals surface area (Å²) in [6.45, 7) is 3.18. The van der Waals surface area contributed by atoms with Crippen LogP contribution in [-0.4, -0.2) is 22.5 Å². The van der Waals surface area contributed by atoms with Crippen LogP contribution in [0.2, 0.25) is 0 Å². The molecular formula is C7H14N2O3. The number of rotatable bonds is 4. The van der Waals surface area contributed by atoms with Crippen LogP contribution >= 0.6 is 0 Å². The fourth-order valence-electron chi connectivity index (χ4n) is 0.841. The van der Waals surface area contributed by atoms with Crippen molar-refractivity contribution in [3.63, 3.8) is 0 Å². The Kier molecular flexibility index (Phi) is 3.21. The second-order valence-electron chi connectivity index (χ2n) is 3.09. The monoisotopic (exact) mass is 174 g/mol. The standard InChI is InChI=1S/C7H14N2O3/c1-4(2)7(12,6(9)11)3-5(8)10/h4,12H,3H2,1-2H3,(H2,8,10)(H2,9,11). The van der Waals surface area contributed by atoms with Crippen molar-refractivity contribution < 1.29 is 14.7 Å². The molecule has 0 saturated heterocycles. The third kappa shape index (κ3) is 2.20. The molecular weight excluding hydrogens is 160 g/mol. The van der Waals surface area contributed by atoms with Gasteiger partial charge in [0.15, 0.2) is 5.60 Å². The third-order valence-electron chi connectivity index (χ3n) is 1.83. The van der Waals surface area contributed by atoms with Gasteiger partial charge in [-0.3, -0.25) is 9.59 Å². The zero-order valence-corrected chi connectivity index (χ0v) is 7.20. The molecule has 0 fully saturated rings. The number of primary amides is 2. The van der Waals surface area contributed by atoms with E-state index in [4.69, 9.17) is 11.5 Å². The number of nitrogens with two attached hydrogens (primary N) is 2. The van der Waals surface area contributed by atoms with Gasteiger partial charge in [-0.05, 0) is 5.92 Å². The van der Waals surface area contributed by atoms with E-state index in [0.29, 0.717) is 0 Å². The van der Waals surface area contributed by atoms with Crippen molar-refractivity contribution in [2.75, 3.05) is 0 Å². The van der Waals surface area contributed by atoms with Gasteiger partial charge in [0, 0.05) is 0 Å². The molecule has 0 heterocycles. The van der Waals surface area contributed by atoms with Crippen LogP contribution < -0.4 is 11.5 Å². The highest BCUT2D eigenvalue weighted by Crippen LogP contribution is 2.20. The van der Waals surface area contributed by atoms with E-state index in [2.05, 4.69) is 0 Å². The Bertz CT molecular complexity index is 203. The van der Waals surface area contributed by atoms with Gasteiger partial charge in [0.05, 0.1) is 6.42 Å². The van der Waals surface area contributed by atoms with Gasteiger partial charge in [-0.1, -0.05) is 13.8 Å². The number of hydrogen-bond acceptors (Lipinski definition) is 3. The molecule has 0 bridgehead atoms. The molecule has 0 rings (SSSR count). The average molecular weight is 174 g/mol. The minimum Gasteiger partial charge on any atom is -0.379 e. The fourth-order valence-corrected chi connectivity index (χ4v) is 0.841. The lowest BCUT2D eigenvalue weighted by Crippen LogP contribution is -2.50. The first-order chi connectivity index (χ1) is 5.30. The molecule has 0 saturated carbocycles. The van der Waals surface area contributed by atoms with Crippen LogP contribution in [0.15, 0.2) is 0 Å². The molecule has 5 nitrogen and oxygen atoms in total. The Morgan fingerprint density at radius 1 is 1.42 bits per heavy atom. The number of carbonyl (C=O) groups excluding carboxylic acids is 2. The smallest absolute Gasteiger partial charge is 0.250 e. The van der Waals surface area contributed by atoms with Crippen LogP contribution in [0.3, 0.4) is 0 Å². The molecule has 0 radical (unpaired) electrons. The lowest BCUT2D eigenvalue weighted by Gasteiger charge is -2.26. The highest BCUT2D eigenvalue weighted by atomic mass is 16.3. The number of carbonyl (C=O) groups is 2. The maximum absolute atomic E-state index is 10.8. The van der Waals surface area contributed by atoms with Crippen LogP contribution in [-0.2, 0) is 9.59 Å². The lowest BCUT2D eigenvalue weighted by atomic mass is 9.86. The topological polar surface area (TPSA) is 106 Å². The molecule has 1 atom stereocenters. The summed E-state index contributed by atoms with van der Waals surface area (Å²) in [6.07, 6.45) is -0.431. The van der Waals surface area contributed by atoms with E-state index >= 15 is 0 Å². The Balaban J connectivity index is 4.62. The molecule has 1 unspecified atom stereocenters. The average Bonchev–Trinajstić information content (AvgIpc) is 1.84. The summed E-state index contributed by atoms with van der Waals surface area (Å²) in [4.78, 5) is 21.2. The van der Waals surface area contributed by atoms with E-state index in [0.717, 1.165) is 0 Å². The highest BCUT2D eigenvalue weighted by Gasteiger charge is 2.38. The number of hydrogen-bond donors (Lipinski definition) is 3. The Morgan fingerprint density at radius 2 is 1.83 bits per heavy atom. The van der Waals surface area contributed by atoms with Gasteiger partial charge in [0.25, 0.3) is 0 Å². The molecule has 0 aromatic carbocycles. The first kappa shape index (κ1) is 10.9. The molecule has 0 aliphatic rings. The van der Waals surface area contributed by atoms with E-state index in [1.165, 1.54) is 0 Å². The second kappa shape index (κ2) is 3.53. The van der Waals surface area contributed by atoms with E-state index in [9.17, 15) is 14.7 Å². The van der Waals surface area contributed by atoms with Crippen LogP contribution in [0.25, 0.3) is 0 Å². The van der Waals surface area contributed by atoms with Gasteiger partial charge in [-0.25, -0.2) is 0 Å². The SMILES string of the molecule is CC(C)C(O)(CC(N)=O)C(N)=O. The van der Waals surface area contributed by atoms with Gasteiger partial charge in [-0.15, -0.1) is 0 Å². The Morgan fingerprint density at radius 3 is 1.92 bits per heavy atom. The second-order valence-corrected chi connectivity index (χ2v) is 3.09. The predicted octanol–water partition coefficient (Wildman–Crippen LogP) is -1.27. The van der Waals surface area contributed by atoms with Crippen LogP contribution in [0.5, 0.6) is 0 Å². The van der Waals surface area contributed by atoms with E-state index in [1.54, 1.807) is 13.8 Å². The van der Waals surface area contributed by atoms with E-state index in [-0.39, 0.29) is 0 Å². The largest absolute Gasteiger partial charge is 0.379 e. The highest BCUT2D eigenvalue weighted by molar-refractivity contribution is 5.89. The van der Waals surface area contributed by atoms with E-state index in [1.807, 2.05) is 0 Å². The van der Waals surface area contributed by atoms with Crippen molar-refractivity contribution in [1.82, 2.24) is 0 Å². The third-order valence-corrected chi connectivity index (χ3v) is 1.83. The summed E-state index contributed by atoms with van der Waals surface area (Å²) in [6, 6.07) is 0. The Hall–Kier alpha value is -1.10. The molecule has 0 aliphatic heterocycles. The Labute approximate surface area is 70.7 Å². The lowest BCUT2D eigenvalue weighted by molar-refractivity contribution is -0.146. The number of aliphatic hydroxyl groups is 1. The van der Waals surface area contributed by atoms with E-state index < -0.39 is 29.8 Å². The first-order valence-corrected chi connectivity index (χ1v) is 3.61. The zero-order valence-electron chi connectivity index (χ0n) is 7.20. The van der Waals surface area contributed by atoms with Crippen molar-refractivity contribution in [1.29, 1.82) is 0 Å². The van der Waals surface area contributed by atoms with Crippen molar-refractivity contribution in [2.45, 2.75) is 25.9 Å². The van der Waals surface area contributed by atoms with Gasteiger partial charge < -0.3 is 16.6 Å². The minimum absolute atomic E-state index is 0.428.